The first kappa shape index (κ1) is 14.3. The van der Waals surface area contributed by atoms with Crippen molar-refractivity contribution in [3.05, 3.63) is 45.2 Å². The molecule has 0 aliphatic rings. The minimum absolute atomic E-state index is 0.321. The summed E-state index contributed by atoms with van der Waals surface area (Å²) in [5.74, 6) is 1.20. The highest BCUT2D eigenvalue weighted by molar-refractivity contribution is 9.10. The van der Waals surface area contributed by atoms with Gasteiger partial charge in [-0.2, -0.15) is 4.98 Å². The Bertz CT molecular complexity index is 782. The van der Waals surface area contributed by atoms with Crippen LogP contribution in [0.5, 0.6) is 0 Å². The van der Waals surface area contributed by atoms with Crippen LogP contribution in [0, 0.1) is 6.92 Å². The minimum atomic E-state index is 0.321. The van der Waals surface area contributed by atoms with Gasteiger partial charge in [-0.3, -0.25) is 0 Å². The van der Waals surface area contributed by atoms with Gasteiger partial charge in [0.1, 0.15) is 10.6 Å². The Hall–Kier alpha value is -1.66. The van der Waals surface area contributed by atoms with Crippen molar-refractivity contribution < 1.29 is 0 Å². The van der Waals surface area contributed by atoms with Gasteiger partial charge in [0, 0.05) is 22.9 Å². The lowest BCUT2D eigenvalue weighted by Gasteiger charge is -2.19. The van der Waals surface area contributed by atoms with Gasteiger partial charge < -0.3 is 10.6 Å². The van der Waals surface area contributed by atoms with Crippen LogP contribution in [0.2, 0.25) is 0 Å². The molecule has 2 N–H and O–H groups in total. The van der Waals surface area contributed by atoms with E-state index in [0.29, 0.717) is 5.95 Å². The van der Waals surface area contributed by atoms with E-state index in [1.165, 1.54) is 10.4 Å². The van der Waals surface area contributed by atoms with Crippen LogP contribution >= 0.6 is 27.3 Å². The summed E-state index contributed by atoms with van der Waals surface area (Å²) in [6.45, 7) is 2.84. The van der Waals surface area contributed by atoms with Gasteiger partial charge in [-0.05, 0) is 30.7 Å². The second-order valence-corrected chi connectivity index (χ2v) is 7.11. The number of nitrogens with two attached hydrogens (primary N) is 1. The largest absolute Gasteiger partial charge is 0.368 e. The zero-order chi connectivity index (χ0) is 15.0. The molecule has 2 aromatic heterocycles. The molecular formula is C15H15BrN4S. The Morgan fingerprint density at radius 2 is 1.95 bits per heavy atom. The van der Waals surface area contributed by atoms with Crippen LogP contribution in [0.25, 0.3) is 10.2 Å². The standard InChI is InChI=1S/C15H15BrN4S/c1-9-7-12-13(18-15(17)19-14(12)21-9)20(2)8-10-3-5-11(16)6-4-10/h3-7H,8H2,1-2H3,(H2,17,18,19). The van der Waals surface area contributed by atoms with Crippen LogP contribution < -0.4 is 10.6 Å². The number of hydrogen-bond donors (Lipinski definition) is 1. The molecule has 0 radical (unpaired) electrons. The van der Waals surface area contributed by atoms with Crippen molar-refractivity contribution >= 4 is 49.2 Å². The van der Waals surface area contributed by atoms with E-state index >= 15 is 0 Å². The fraction of sp³-hybridized carbons (Fsp3) is 0.200. The lowest BCUT2D eigenvalue weighted by molar-refractivity contribution is 0.902. The van der Waals surface area contributed by atoms with Crippen LogP contribution in [0.3, 0.4) is 0 Å². The topological polar surface area (TPSA) is 55.0 Å². The van der Waals surface area contributed by atoms with Gasteiger partial charge in [-0.1, -0.05) is 28.1 Å². The first-order valence-corrected chi connectivity index (χ1v) is 8.13. The predicted octanol–water partition coefficient (Wildman–Crippen LogP) is 3.98. The number of nitrogens with zero attached hydrogens (tertiary/aromatic N) is 3. The van der Waals surface area contributed by atoms with E-state index in [9.17, 15) is 0 Å². The molecule has 108 valence electrons. The van der Waals surface area contributed by atoms with Crippen molar-refractivity contribution in [2.24, 2.45) is 0 Å². The van der Waals surface area contributed by atoms with Gasteiger partial charge in [0.15, 0.2) is 0 Å². The van der Waals surface area contributed by atoms with Crippen LogP contribution in [-0.4, -0.2) is 17.0 Å². The van der Waals surface area contributed by atoms with Crippen molar-refractivity contribution in [3.63, 3.8) is 0 Å². The quantitative estimate of drug-likeness (QED) is 0.765. The highest BCUT2D eigenvalue weighted by Gasteiger charge is 2.13. The van der Waals surface area contributed by atoms with Gasteiger partial charge in [0.2, 0.25) is 5.95 Å². The van der Waals surface area contributed by atoms with E-state index in [-0.39, 0.29) is 0 Å². The summed E-state index contributed by atoms with van der Waals surface area (Å²) in [7, 11) is 2.02. The molecular weight excluding hydrogens is 348 g/mol. The number of hydrogen-bond acceptors (Lipinski definition) is 5. The zero-order valence-electron chi connectivity index (χ0n) is 11.8. The normalized spacial score (nSPS) is 11.0. The fourth-order valence-electron chi connectivity index (χ4n) is 2.27. The molecule has 2 heterocycles. The summed E-state index contributed by atoms with van der Waals surface area (Å²) >= 11 is 5.09. The zero-order valence-corrected chi connectivity index (χ0v) is 14.2. The average Bonchev–Trinajstić information content (AvgIpc) is 2.80. The summed E-state index contributed by atoms with van der Waals surface area (Å²) in [4.78, 5) is 13.0. The number of benzene rings is 1. The van der Waals surface area contributed by atoms with Gasteiger partial charge in [0.25, 0.3) is 0 Å². The highest BCUT2D eigenvalue weighted by atomic mass is 79.9. The molecule has 0 aliphatic heterocycles. The SMILES string of the molecule is Cc1cc2c(N(C)Cc3ccc(Br)cc3)nc(N)nc2s1. The maximum Gasteiger partial charge on any atom is 0.223 e. The molecule has 0 spiro atoms. The molecule has 0 unspecified atom stereocenters. The van der Waals surface area contributed by atoms with Crippen LogP contribution in [0.15, 0.2) is 34.8 Å². The van der Waals surface area contributed by atoms with Gasteiger partial charge in [-0.25, -0.2) is 4.98 Å². The van der Waals surface area contributed by atoms with E-state index < -0.39 is 0 Å². The molecule has 0 atom stereocenters. The van der Waals surface area contributed by atoms with Crippen molar-refractivity contribution in [1.29, 1.82) is 0 Å². The Morgan fingerprint density at radius 1 is 1.24 bits per heavy atom. The van der Waals surface area contributed by atoms with E-state index in [1.54, 1.807) is 11.3 Å². The highest BCUT2D eigenvalue weighted by Crippen LogP contribution is 2.31. The molecule has 0 bridgehead atoms. The van der Waals surface area contributed by atoms with Crippen molar-refractivity contribution in [2.75, 3.05) is 17.7 Å². The van der Waals surface area contributed by atoms with Gasteiger partial charge >= 0.3 is 0 Å². The Morgan fingerprint density at radius 3 is 2.67 bits per heavy atom. The maximum absolute atomic E-state index is 5.84. The number of aromatic nitrogens is 2. The summed E-state index contributed by atoms with van der Waals surface area (Å²) in [6, 6.07) is 10.4. The van der Waals surface area contributed by atoms with Gasteiger partial charge in [-0.15, -0.1) is 11.3 Å². The summed E-state index contributed by atoms with van der Waals surface area (Å²) in [6.07, 6.45) is 0. The van der Waals surface area contributed by atoms with Crippen molar-refractivity contribution in [1.82, 2.24) is 9.97 Å². The molecule has 6 heteroatoms. The van der Waals surface area contributed by atoms with E-state index in [0.717, 1.165) is 27.1 Å². The first-order valence-electron chi connectivity index (χ1n) is 6.52. The Balaban J connectivity index is 1.97. The van der Waals surface area contributed by atoms with E-state index in [2.05, 4.69) is 55.9 Å². The summed E-state index contributed by atoms with van der Waals surface area (Å²) < 4.78 is 1.08. The number of rotatable bonds is 3. The van der Waals surface area contributed by atoms with E-state index in [1.807, 2.05) is 19.2 Å². The number of nitrogen functional groups attached to an aromatic ring is 1. The molecule has 0 saturated carbocycles. The van der Waals surface area contributed by atoms with Crippen molar-refractivity contribution in [2.45, 2.75) is 13.5 Å². The fourth-order valence-corrected chi connectivity index (χ4v) is 3.42. The third-order valence-corrected chi connectivity index (χ3v) is 4.68. The number of fused-ring (bicyclic) bond motifs is 1. The number of anilines is 2. The Kier molecular flexibility index (Phi) is 3.82. The van der Waals surface area contributed by atoms with E-state index in [4.69, 9.17) is 5.73 Å². The van der Waals surface area contributed by atoms with Crippen LogP contribution in [-0.2, 0) is 6.54 Å². The minimum Gasteiger partial charge on any atom is -0.368 e. The molecule has 4 nitrogen and oxygen atoms in total. The predicted molar refractivity (Wildman–Crippen MR) is 92.8 cm³/mol. The van der Waals surface area contributed by atoms with Crippen LogP contribution in [0.4, 0.5) is 11.8 Å². The maximum atomic E-state index is 5.84. The molecule has 21 heavy (non-hydrogen) atoms. The lowest BCUT2D eigenvalue weighted by Crippen LogP contribution is -2.18. The molecule has 1 aromatic carbocycles. The third-order valence-electron chi connectivity index (χ3n) is 3.21. The lowest BCUT2D eigenvalue weighted by atomic mass is 10.2. The molecule has 0 aliphatic carbocycles. The van der Waals surface area contributed by atoms with Crippen LogP contribution in [0.1, 0.15) is 10.4 Å². The summed E-state index contributed by atoms with van der Waals surface area (Å²) in [5, 5.41) is 1.06. The Labute approximate surface area is 135 Å². The smallest absolute Gasteiger partial charge is 0.223 e. The number of thiophene rings is 1. The molecule has 3 rings (SSSR count). The first-order chi connectivity index (χ1) is 10.0. The average molecular weight is 363 g/mol. The molecule has 0 fully saturated rings. The number of halogens is 1. The van der Waals surface area contributed by atoms with Crippen molar-refractivity contribution in [3.8, 4) is 0 Å². The second-order valence-electron chi connectivity index (χ2n) is 4.96. The monoisotopic (exact) mass is 362 g/mol. The number of aryl methyl sites for hydroxylation is 1. The molecule has 3 aromatic rings. The third kappa shape index (κ3) is 3.01. The second kappa shape index (κ2) is 5.61. The summed E-state index contributed by atoms with van der Waals surface area (Å²) in [5.41, 5.74) is 7.06. The van der Waals surface area contributed by atoms with Gasteiger partial charge in [0.05, 0.1) is 5.39 Å². The molecule has 0 amide bonds. The molecule has 0 saturated heterocycles.